The third-order valence-corrected chi connectivity index (χ3v) is 3.40. The Labute approximate surface area is 117 Å². The summed E-state index contributed by atoms with van der Waals surface area (Å²) >= 11 is 0. The van der Waals surface area contributed by atoms with Crippen molar-refractivity contribution in [2.45, 2.75) is 39.0 Å². The molecule has 5 nitrogen and oxygen atoms in total. The van der Waals surface area contributed by atoms with Gasteiger partial charge in [-0.15, -0.1) is 0 Å². The normalized spacial score (nSPS) is 14.3. The van der Waals surface area contributed by atoms with E-state index in [9.17, 15) is 15.0 Å². The lowest BCUT2D eigenvalue weighted by Crippen LogP contribution is -2.37. The van der Waals surface area contributed by atoms with Gasteiger partial charge in [-0.2, -0.15) is 0 Å². The SMILES string of the molecule is CCC(Cc1ccc(O)c2[nH]c(=O)ccc12)NC(C)O. The Hall–Kier alpha value is -1.85. The summed E-state index contributed by atoms with van der Waals surface area (Å²) in [6.45, 7) is 3.74. The molecule has 0 aliphatic rings. The van der Waals surface area contributed by atoms with Gasteiger partial charge in [0.2, 0.25) is 5.56 Å². The van der Waals surface area contributed by atoms with Crippen LogP contribution in [0, 0.1) is 0 Å². The number of benzene rings is 1. The number of aliphatic hydroxyl groups is 1. The number of rotatable bonds is 5. The van der Waals surface area contributed by atoms with Crippen LogP contribution in [0.15, 0.2) is 29.1 Å². The number of aromatic hydroxyl groups is 1. The Morgan fingerprint density at radius 1 is 1.30 bits per heavy atom. The molecular formula is C15H20N2O3. The number of fused-ring (bicyclic) bond motifs is 1. The summed E-state index contributed by atoms with van der Waals surface area (Å²) in [4.78, 5) is 14.0. The van der Waals surface area contributed by atoms with Crippen molar-refractivity contribution in [3.8, 4) is 5.75 Å². The zero-order valence-corrected chi connectivity index (χ0v) is 11.7. The van der Waals surface area contributed by atoms with E-state index in [-0.39, 0.29) is 17.4 Å². The fraction of sp³-hybridized carbons (Fsp3) is 0.400. The molecule has 0 fully saturated rings. The maximum Gasteiger partial charge on any atom is 0.248 e. The molecule has 1 aromatic heterocycles. The number of phenols is 1. The van der Waals surface area contributed by atoms with Crippen molar-refractivity contribution in [1.29, 1.82) is 0 Å². The van der Waals surface area contributed by atoms with Gasteiger partial charge in [-0.3, -0.25) is 10.1 Å². The Balaban J connectivity index is 2.39. The fourth-order valence-electron chi connectivity index (χ4n) is 2.40. The third kappa shape index (κ3) is 3.18. The van der Waals surface area contributed by atoms with Crippen molar-refractivity contribution in [3.63, 3.8) is 0 Å². The van der Waals surface area contributed by atoms with Crippen LogP contribution in [0.1, 0.15) is 25.8 Å². The number of hydrogen-bond acceptors (Lipinski definition) is 4. The van der Waals surface area contributed by atoms with Crippen molar-refractivity contribution in [3.05, 3.63) is 40.2 Å². The molecule has 0 spiro atoms. The van der Waals surface area contributed by atoms with Gasteiger partial charge in [-0.1, -0.05) is 13.0 Å². The molecule has 2 rings (SSSR count). The Morgan fingerprint density at radius 2 is 2.05 bits per heavy atom. The first kappa shape index (κ1) is 14.6. The van der Waals surface area contributed by atoms with E-state index < -0.39 is 6.23 Å². The van der Waals surface area contributed by atoms with Gasteiger partial charge in [-0.05, 0) is 37.5 Å². The highest BCUT2D eigenvalue weighted by molar-refractivity contribution is 5.87. The first-order chi connectivity index (χ1) is 9.51. The van der Waals surface area contributed by atoms with Gasteiger partial charge in [0.15, 0.2) is 0 Å². The number of nitrogens with one attached hydrogen (secondary N) is 2. The summed E-state index contributed by atoms with van der Waals surface area (Å²) < 4.78 is 0. The van der Waals surface area contributed by atoms with Crippen LogP contribution in [0.3, 0.4) is 0 Å². The summed E-state index contributed by atoms with van der Waals surface area (Å²) in [5, 5.41) is 23.2. The number of pyridine rings is 1. The van der Waals surface area contributed by atoms with Crippen molar-refractivity contribution in [2.75, 3.05) is 0 Å². The molecule has 0 aliphatic carbocycles. The van der Waals surface area contributed by atoms with Gasteiger partial charge in [0, 0.05) is 17.5 Å². The minimum absolute atomic E-state index is 0.0676. The Kier molecular flexibility index (Phi) is 4.42. The van der Waals surface area contributed by atoms with Crippen molar-refractivity contribution in [2.24, 2.45) is 0 Å². The van der Waals surface area contributed by atoms with Crippen LogP contribution in [0.5, 0.6) is 5.75 Å². The highest BCUT2D eigenvalue weighted by Gasteiger charge is 2.13. The lowest BCUT2D eigenvalue weighted by atomic mass is 9.99. The van der Waals surface area contributed by atoms with Crippen molar-refractivity contribution >= 4 is 10.9 Å². The molecule has 2 aromatic rings. The van der Waals surface area contributed by atoms with E-state index >= 15 is 0 Å². The molecule has 4 N–H and O–H groups in total. The predicted molar refractivity (Wildman–Crippen MR) is 78.8 cm³/mol. The van der Waals surface area contributed by atoms with E-state index in [1.54, 1.807) is 19.1 Å². The smallest absolute Gasteiger partial charge is 0.248 e. The summed E-state index contributed by atoms with van der Waals surface area (Å²) in [6, 6.07) is 6.74. The van der Waals surface area contributed by atoms with E-state index in [1.165, 1.54) is 6.07 Å². The highest BCUT2D eigenvalue weighted by atomic mass is 16.3. The number of phenolic OH excluding ortho intramolecular Hbond substituents is 1. The molecule has 0 aliphatic heterocycles. The second-order valence-corrected chi connectivity index (χ2v) is 5.01. The van der Waals surface area contributed by atoms with Gasteiger partial charge < -0.3 is 15.2 Å². The number of aromatic nitrogens is 1. The van der Waals surface area contributed by atoms with Crippen LogP contribution in [-0.2, 0) is 6.42 Å². The average Bonchev–Trinajstić information content (AvgIpc) is 2.40. The largest absolute Gasteiger partial charge is 0.506 e. The van der Waals surface area contributed by atoms with Gasteiger partial charge in [-0.25, -0.2) is 0 Å². The molecule has 0 saturated heterocycles. The van der Waals surface area contributed by atoms with E-state index in [0.717, 1.165) is 17.4 Å². The number of hydrogen-bond donors (Lipinski definition) is 4. The maximum atomic E-state index is 11.4. The molecule has 0 saturated carbocycles. The van der Waals surface area contributed by atoms with E-state index in [4.69, 9.17) is 0 Å². The van der Waals surface area contributed by atoms with Gasteiger partial charge in [0.05, 0.1) is 5.52 Å². The lowest BCUT2D eigenvalue weighted by molar-refractivity contribution is 0.139. The summed E-state index contributed by atoms with van der Waals surface area (Å²) in [5.41, 5.74) is 1.25. The number of aliphatic hydroxyl groups excluding tert-OH is 1. The monoisotopic (exact) mass is 276 g/mol. The zero-order valence-electron chi connectivity index (χ0n) is 11.7. The van der Waals surface area contributed by atoms with E-state index in [0.29, 0.717) is 11.9 Å². The molecule has 2 atom stereocenters. The zero-order chi connectivity index (χ0) is 14.7. The minimum Gasteiger partial charge on any atom is -0.506 e. The molecule has 108 valence electrons. The standard InChI is InChI=1S/C15H20N2O3/c1-3-11(16-9(2)18)8-10-4-6-13(19)15-12(10)5-7-14(20)17-15/h4-7,9,11,16,18-19H,3,8H2,1-2H3,(H,17,20). The topological polar surface area (TPSA) is 85.3 Å². The van der Waals surface area contributed by atoms with Crippen molar-refractivity contribution < 1.29 is 10.2 Å². The summed E-state index contributed by atoms with van der Waals surface area (Å²) in [7, 11) is 0. The molecule has 20 heavy (non-hydrogen) atoms. The van der Waals surface area contributed by atoms with Crippen LogP contribution in [-0.4, -0.2) is 27.5 Å². The molecular weight excluding hydrogens is 256 g/mol. The Bertz CT molecular complexity index is 649. The van der Waals surface area contributed by atoms with E-state index in [1.807, 2.05) is 13.0 Å². The van der Waals surface area contributed by atoms with Crippen LogP contribution >= 0.6 is 0 Å². The van der Waals surface area contributed by atoms with E-state index in [2.05, 4.69) is 10.3 Å². The van der Waals surface area contributed by atoms with Crippen LogP contribution < -0.4 is 10.9 Å². The minimum atomic E-state index is -0.567. The molecule has 0 amide bonds. The van der Waals surface area contributed by atoms with Crippen LogP contribution in [0.2, 0.25) is 0 Å². The lowest BCUT2D eigenvalue weighted by Gasteiger charge is -2.20. The predicted octanol–water partition coefficient (Wildman–Crippen LogP) is 1.48. The molecule has 0 bridgehead atoms. The van der Waals surface area contributed by atoms with Gasteiger partial charge in [0.1, 0.15) is 12.0 Å². The second kappa shape index (κ2) is 6.07. The molecule has 2 unspecified atom stereocenters. The Morgan fingerprint density at radius 3 is 2.70 bits per heavy atom. The van der Waals surface area contributed by atoms with Gasteiger partial charge in [0.25, 0.3) is 0 Å². The second-order valence-electron chi connectivity index (χ2n) is 5.01. The molecule has 1 aromatic carbocycles. The summed E-state index contributed by atoms with van der Waals surface area (Å²) in [5.74, 6) is 0.0676. The first-order valence-electron chi connectivity index (χ1n) is 6.79. The van der Waals surface area contributed by atoms with Crippen LogP contribution in [0.4, 0.5) is 0 Å². The van der Waals surface area contributed by atoms with Gasteiger partial charge >= 0.3 is 0 Å². The third-order valence-electron chi connectivity index (χ3n) is 3.40. The fourth-order valence-corrected chi connectivity index (χ4v) is 2.40. The van der Waals surface area contributed by atoms with Crippen molar-refractivity contribution in [1.82, 2.24) is 10.3 Å². The summed E-state index contributed by atoms with van der Waals surface area (Å²) in [6.07, 6.45) is 1.02. The number of aromatic amines is 1. The highest BCUT2D eigenvalue weighted by Crippen LogP contribution is 2.25. The average molecular weight is 276 g/mol. The number of H-pyrrole nitrogens is 1. The molecule has 1 heterocycles. The van der Waals surface area contributed by atoms with Crippen LogP contribution in [0.25, 0.3) is 10.9 Å². The maximum absolute atomic E-state index is 11.4. The quantitative estimate of drug-likeness (QED) is 0.623. The first-order valence-corrected chi connectivity index (χ1v) is 6.79. The molecule has 0 radical (unpaired) electrons. The molecule has 5 heteroatoms.